The Kier molecular flexibility index (Phi) is 5.28. The minimum absolute atomic E-state index is 0.0725. The third-order valence-electron chi connectivity index (χ3n) is 2.58. The number of methoxy groups -OCH3 is 1. The first-order valence-electron chi connectivity index (χ1n) is 5.46. The molecule has 106 valence electrons. The van der Waals surface area contributed by atoms with Crippen LogP contribution in [0, 0.1) is 0 Å². The molecule has 0 heterocycles. The van der Waals surface area contributed by atoms with E-state index in [1.165, 1.54) is 42.7 Å². The quantitative estimate of drug-likeness (QED) is 0.333. The van der Waals surface area contributed by atoms with Crippen LogP contribution in [-0.4, -0.2) is 51.1 Å². The number of nitrogens with zero attached hydrogens (tertiary/aromatic N) is 2. The van der Waals surface area contributed by atoms with Crippen LogP contribution in [0.5, 0.6) is 0 Å². The number of amidine groups is 1. The van der Waals surface area contributed by atoms with Crippen molar-refractivity contribution in [1.82, 2.24) is 4.31 Å². The van der Waals surface area contributed by atoms with Gasteiger partial charge in [-0.05, 0) is 24.3 Å². The highest BCUT2D eigenvalue weighted by molar-refractivity contribution is 7.89. The second-order valence-electron chi connectivity index (χ2n) is 3.83. The van der Waals surface area contributed by atoms with Crippen LogP contribution in [0.4, 0.5) is 0 Å². The zero-order valence-electron chi connectivity index (χ0n) is 10.8. The first-order chi connectivity index (χ1) is 8.93. The van der Waals surface area contributed by atoms with Crippen molar-refractivity contribution in [2.75, 3.05) is 27.3 Å². The van der Waals surface area contributed by atoms with E-state index in [0.717, 1.165) is 0 Å². The Labute approximate surface area is 112 Å². The fourth-order valence-corrected chi connectivity index (χ4v) is 2.53. The van der Waals surface area contributed by atoms with Crippen LogP contribution in [-0.2, 0) is 14.8 Å². The number of benzene rings is 1. The molecule has 0 bridgehead atoms. The third kappa shape index (κ3) is 3.66. The van der Waals surface area contributed by atoms with Gasteiger partial charge in [-0.3, -0.25) is 0 Å². The molecule has 7 nitrogen and oxygen atoms in total. The van der Waals surface area contributed by atoms with Gasteiger partial charge in [0, 0.05) is 26.3 Å². The normalized spacial score (nSPS) is 12.9. The molecule has 19 heavy (non-hydrogen) atoms. The lowest BCUT2D eigenvalue weighted by Crippen LogP contribution is -2.30. The van der Waals surface area contributed by atoms with Gasteiger partial charge in [0.1, 0.15) is 0 Å². The summed E-state index contributed by atoms with van der Waals surface area (Å²) in [4.78, 5) is 0.139. The fraction of sp³-hybridized carbons (Fsp3) is 0.364. The van der Waals surface area contributed by atoms with Gasteiger partial charge >= 0.3 is 0 Å². The van der Waals surface area contributed by atoms with Crippen LogP contribution in [0.3, 0.4) is 0 Å². The molecule has 0 amide bonds. The number of sulfonamides is 1. The van der Waals surface area contributed by atoms with Crippen LogP contribution < -0.4 is 5.73 Å². The zero-order valence-corrected chi connectivity index (χ0v) is 11.6. The number of hydrogen-bond acceptors (Lipinski definition) is 5. The van der Waals surface area contributed by atoms with Gasteiger partial charge in [0.2, 0.25) is 10.0 Å². The predicted molar refractivity (Wildman–Crippen MR) is 70.6 cm³/mol. The minimum Gasteiger partial charge on any atom is -0.409 e. The number of ether oxygens (including phenoxy) is 1. The van der Waals surface area contributed by atoms with Crippen LogP contribution >= 0.6 is 0 Å². The SMILES string of the molecule is COCCN(C)S(=O)(=O)c1ccc(C(N)=NO)cc1. The maximum absolute atomic E-state index is 12.1. The maximum atomic E-state index is 12.1. The molecule has 8 heteroatoms. The molecule has 0 aliphatic carbocycles. The molecule has 0 spiro atoms. The topological polar surface area (TPSA) is 105 Å². The molecule has 0 saturated carbocycles. The lowest BCUT2D eigenvalue weighted by molar-refractivity contribution is 0.185. The molecule has 0 aliphatic rings. The monoisotopic (exact) mass is 287 g/mol. The summed E-state index contributed by atoms with van der Waals surface area (Å²) < 4.78 is 30.3. The van der Waals surface area contributed by atoms with Crippen molar-refractivity contribution in [3.63, 3.8) is 0 Å². The Morgan fingerprint density at radius 3 is 2.47 bits per heavy atom. The summed E-state index contributed by atoms with van der Waals surface area (Å²) in [7, 11) is -0.566. The Morgan fingerprint density at radius 2 is 2.00 bits per heavy atom. The first-order valence-corrected chi connectivity index (χ1v) is 6.90. The molecule has 0 aliphatic heterocycles. The largest absolute Gasteiger partial charge is 0.409 e. The number of rotatable bonds is 6. The van der Waals surface area contributed by atoms with E-state index in [1.54, 1.807) is 0 Å². The van der Waals surface area contributed by atoms with Gasteiger partial charge in [0.05, 0.1) is 11.5 Å². The molecular formula is C11H17N3O4S. The molecule has 0 saturated heterocycles. The van der Waals surface area contributed by atoms with E-state index in [-0.39, 0.29) is 17.3 Å². The smallest absolute Gasteiger partial charge is 0.242 e. The highest BCUT2D eigenvalue weighted by atomic mass is 32.2. The highest BCUT2D eigenvalue weighted by Crippen LogP contribution is 2.15. The average molecular weight is 287 g/mol. The van der Waals surface area contributed by atoms with Gasteiger partial charge in [-0.2, -0.15) is 4.31 Å². The maximum Gasteiger partial charge on any atom is 0.242 e. The van der Waals surface area contributed by atoms with Crippen molar-refractivity contribution in [2.45, 2.75) is 4.90 Å². The van der Waals surface area contributed by atoms with E-state index < -0.39 is 10.0 Å². The molecule has 3 N–H and O–H groups in total. The standard InChI is InChI=1S/C11H17N3O4S/c1-14(7-8-18-2)19(16,17)10-5-3-9(4-6-10)11(12)13-15/h3-6,15H,7-8H2,1-2H3,(H2,12,13). The molecule has 1 aromatic carbocycles. The van der Waals surface area contributed by atoms with Gasteiger partial charge in [0.25, 0.3) is 0 Å². The van der Waals surface area contributed by atoms with Crippen molar-refractivity contribution in [3.05, 3.63) is 29.8 Å². The van der Waals surface area contributed by atoms with E-state index in [1.807, 2.05) is 0 Å². The molecule has 1 aromatic rings. The number of likely N-dealkylation sites (N-methyl/N-ethyl adjacent to an activating group) is 1. The highest BCUT2D eigenvalue weighted by Gasteiger charge is 2.20. The fourth-order valence-electron chi connectivity index (χ4n) is 1.38. The lowest BCUT2D eigenvalue weighted by Gasteiger charge is -2.16. The Balaban J connectivity index is 2.97. The van der Waals surface area contributed by atoms with E-state index in [2.05, 4.69) is 5.16 Å². The molecule has 0 unspecified atom stereocenters. The Bertz CT molecular complexity index is 540. The van der Waals surface area contributed by atoms with Crippen LogP contribution in [0.2, 0.25) is 0 Å². The first kappa shape index (κ1) is 15.4. The van der Waals surface area contributed by atoms with Crippen LogP contribution in [0.25, 0.3) is 0 Å². The van der Waals surface area contributed by atoms with Gasteiger partial charge in [-0.15, -0.1) is 0 Å². The summed E-state index contributed by atoms with van der Waals surface area (Å²) in [5.41, 5.74) is 5.85. The summed E-state index contributed by atoms with van der Waals surface area (Å²) in [5.74, 6) is -0.0725. The molecule has 0 atom stereocenters. The summed E-state index contributed by atoms with van der Waals surface area (Å²) in [5, 5.41) is 11.4. The van der Waals surface area contributed by atoms with Crippen molar-refractivity contribution in [2.24, 2.45) is 10.9 Å². The second kappa shape index (κ2) is 6.50. The van der Waals surface area contributed by atoms with Gasteiger partial charge < -0.3 is 15.7 Å². The van der Waals surface area contributed by atoms with E-state index >= 15 is 0 Å². The number of oxime groups is 1. The number of nitrogens with two attached hydrogens (primary N) is 1. The van der Waals surface area contributed by atoms with Crippen LogP contribution in [0.1, 0.15) is 5.56 Å². The van der Waals surface area contributed by atoms with Crippen molar-refractivity contribution in [1.29, 1.82) is 0 Å². The summed E-state index contributed by atoms with van der Waals surface area (Å²) >= 11 is 0. The average Bonchev–Trinajstić information content (AvgIpc) is 2.43. The zero-order chi connectivity index (χ0) is 14.5. The number of hydrogen-bond donors (Lipinski definition) is 2. The summed E-state index contributed by atoms with van der Waals surface area (Å²) in [6, 6.07) is 5.77. The second-order valence-corrected chi connectivity index (χ2v) is 5.87. The molecule has 0 fully saturated rings. The van der Waals surface area contributed by atoms with Gasteiger partial charge in [-0.25, -0.2) is 8.42 Å². The summed E-state index contributed by atoms with van der Waals surface area (Å²) in [6.45, 7) is 0.582. The molecular weight excluding hydrogens is 270 g/mol. The molecule has 0 radical (unpaired) electrons. The third-order valence-corrected chi connectivity index (χ3v) is 4.45. The van der Waals surface area contributed by atoms with Gasteiger partial charge in [0.15, 0.2) is 5.84 Å². The van der Waals surface area contributed by atoms with Crippen molar-refractivity contribution >= 4 is 15.9 Å². The summed E-state index contributed by atoms with van der Waals surface area (Å²) in [6.07, 6.45) is 0. The predicted octanol–water partition coefficient (Wildman–Crippen LogP) is 0.0480. The van der Waals surface area contributed by atoms with Crippen molar-refractivity contribution in [3.8, 4) is 0 Å². The van der Waals surface area contributed by atoms with Gasteiger partial charge in [-0.1, -0.05) is 5.16 Å². The van der Waals surface area contributed by atoms with E-state index in [0.29, 0.717) is 12.2 Å². The van der Waals surface area contributed by atoms with Crippen LogP contribution in [0.15, 0.2) is 34.3 Å². The lowest BCUT2D eigenvalue weighted by atomic mass is 10.2. The minimum atomic E-state index is -3.55. The van der Waals surface area contributed by atoms with E-state index in [4.69, 9.17) is 15.7 Å². The Morgan fingerprint density at radius 1 is 1.42 bits per heavy atom. The van der Waals surface area contributed by atoms with Crippen molar-refractivity contribution < 1.29 is 18.4 Å². The molecule has 1 rings (SSSR count). The Hall–Kier alpha value is -1.64. The van der Waals surface area contributed by atoms with E-state index in [9.17, 15) is 8.42 Å². The molecule has 0 aromatic heterocycles.